The van der Waals surface area contributed by atoms with Gasteiger partial charge in [-0.1, -0.05) is 17.7 Å². The maximum Gasteiger partial charge on any atom is 0.197 e. The quantitative estimate of drug-likeness (QED) is 0.801. The summed E-state index contributed by atoms with van der Waals surface area (Å²) in [6.07, 6.45) is 0. The van der Waals surface area contributed by atoms with Crippen molar-refractivity contribution in [3.05, 3.63) is 23.2 Å². The number of sulfone groups is 1. The summed E-state index contributed by atoms with van der Waals surface area (Å²) in [5.41, 5.74) is 5.59. The van der Waals surface area contributed by atoms with Crippen molar-refractivity contribution in [1.82, 2.24) is 0 Å². The van der Waals surface area contributed by atoms with Gasteiger partial charge >= 0.3 is 0 Å². The fourth-order valence-corrected chi connectivity index (χ4v) is 2.81. The highest BCUT2D eigenvalue weighted by atomic mass is 35.5. The zero-order chi connectivity index (χ0) is 11.6. The van der Waals surface area contributed by atoms with Gasteiger partial charge in [-0.2, -0.15) is 5.26 Å². The van der Waals surface area contributed by atoms with Crippen LogP contribution in [-0.4, -0.2) is 13.7 Å². The fraction of sp³-hybridized carbons (Fsp3) is 0.222. The van der Waals surface area contributed by atoms with Crippen LogP contribution in [0.15, 0.2) is 23.1 Å². The molecular formula is C9H9ClN2O2S. The summed E-state index contributed by atoms with van der Waals surface area (Å²) in [4.78, 5) is -0.166. The van der Waals surface area contributed by atoms with Crippen LogP contribution in [0.2, 0.25) is 5.02 Å². The van der Waals surface area contributed by atoms with Gasteiger partial charge in [-0.25, -0.2) is 8.42 Å². The van der Waals surface area contributed by atoms with Gasteiger partial charge in [-0.3, -0.25) is 0 Å². The van der Waals surface area contributed by atoms with Gasteiger partial charge < -0.3 is 5.73 Å². The van der Waals surface area contributed by atoms with Crippen LogP contribution < -0.4 is 5.73 Å². The third kappa shape index (κ3) is 2.06. The van der Waals surface area contributed by atoms with E-state index in [4.69, 9.17) is 22.6 Å². The lowest BCUT2D eigenvalue weighted by Gasteiger charge is -2.10. The molecule has 0 amide bonds. The predicted molar refractivity (Wildman–Crippen MR) is 58.1 cm³/mol. The molecule has 0 fully saturated rings. The van der Waals surface area contributed by atoms with E-state index in [0.717, 1.165) is 0 Å². The molecule has 0 saturated heterocycles. The highest BCUT2D eigenvalue weighted by Gasteiger charge is 2.27. The van der Waals surface area contributed by atoms with Crippen molar-refractivity contribution >= 4 is 27.1 Å². The monoisotopic (exact) mass is 244 g/mol. The molecule has 1 unspecified atom stereocenters. The third-order valence-electron chi connectivity index (χ3n) is 1.93. The van der Waals surface area contributed by atoms with Crippen LogP contribution in [0.25, 0.3) is 0 Å². The Kier molecular flexibility index (Phi) is 3.22. The van der Waals surface area contributed by atoms with Gasteiger partial charge in [-0.15, -0.1) is 0 Å². The summed E-state index contributed by atoms with van der Waals surface area (Å²) in [5.74, 6) is 0. The van der Waals surface area contributed by atoms with E-state index in [1.165, 1.54) is 19.1 Å². The molecule has 4 nitrogen and oxygen atoms in total. The summed E-state index contributed by atoms with van der Waals surface area (Å²) in [5, 5.41) is 7.47. The van der Waals surface area contributed by atoms with Crippen molar-refractivity contribution in [2.75, 3.05) is 5.73 Å². The Labute approximate surface area is 93.2 Å². The second-order valence-electron chi connectivity index (χ2n) is 2.97. The van der Waals surface area contributed by atoms with Crippen molar-refractivity contribution in [3.8, 4) is 6.07 Å². The smallest absolute Gasteiger partial charge is 0.197 e. The molecule has 0 spiro atoms. The van der Waals surface area contributed by atoms with Crippen molar-refractivity contribution in [1.29, 1.82) is 5.26 Å². The van der Waals surface area contributed by atoms with Crippen LogP contribution >= 0.6 is 11.6 Å². The maximum atomic E-state index is 11.8. The predicted octanol–water partition coefficient (Wildman–Crippen LogP) is 1.61. The molecule has 2 N–H and O–H groups in total. The van der Waals surface area contributed by atoms with Crippen LogP contribution in [-0.2, 0) is 9.84 Å². The second kappa shape index (κ2) is 4.09. The number of nitrogens with two attached hydrogens (primary N) is 1. The molecule has 0 aliphatic rings. The van der Waals surface area contributed by atoms with E-state index in [9.17, 15) is 8.42 Å². The molecular weight excluding hydrogens is 236 g/mol. The molecule has 0 saturated carbocycles. The summed E-state index contributed by atoms with van der Waals surface area (Å²) in [6.45, 7) is 1.29. The summed E-state index contributed by atoms with van der Waals surface area (Å²) >= 11 is 5.75. The van der Waals surface area contributed by atoms with Crippen LogP contribution in [0, 0.1) is 11.3 Å². The zero-order valence-electron chi connectivity index (χ0n) is 7.94. The first-order chi connectivity index (χ1) is 6.91. The van der Waals surface area contributed by atoms with Crippen LogP contribution in [0.5, 0.6) is 0 Å². The van der Waals surface area contributed by atoms with Gasteiger partial charge in [0.05, 0.1) is 16.8 Å². The van der Waals surface area contributed by atoms with E-state index in [1.807, 2.05) is 0 Å². The topological polar surface area (TPSA) is 84.0 Å². The number of nitriles is 1. The van der Waals surface area contributed by atoms with Crippen LogP contribution in [0.3, 0.4) is 0 Å². The largest absolute Gasteiger partial charge is 0.398 e. The molecule has 0 radical (unpaired) electrons. The highest BCUT2D eigenvalue weighted by Crippen LogP contribution is 2.29. The molecule has 6 heteroatoms. The SMILES string of the molecule is CC(C#N)S(=O)(=O)c1c(N)cccc1Cl. The normalized spacial score (nSPS) is 13.1. The molecule has 0 aromatic heterocycles. The lowest BCUT2D eigenvalue weighted by Crippen LogP contribution is -2.17. The number of halogens is 1. The average molecular weight is 245 g/mol. The minimum absolute atomic E-state index is 0.0390. The number of nitrogen functional groups attached to an aromatic ring is 1. The molecule has 0 aliphatic carbocycles. The van der Waals surface area contributed by atoms with Crippen molar-refractivity contribution in [2.24, 2.45) is 0 Å². The van der Waals surface area contributed by atoms with Gasteiger partial charge in [0.25, 0.3) is 0 Å². The standard InChI is InChI=1S/C9H9ClN2O2S/c1-6(5-11)15(13,14)9-7(10)3-2-4-8(9)12/h2-4,6H,12H2,1H3. The fourth-order valence-electron chi connectivity index (χ4n) is 1.07. The van der Waals surface area contributed by atoms with Crippen LogP contribution in [0.4, 0.5) is 5.69 Å². The van der Waals surface area contributed by atoms with E-state index in [0.29, 0.717) is 0 Å². The number of anilines is 1. The van der Waals surface area contributed by atoms with E-state index in [-0.39, 0.29) is 15.6 Å². The molecule has 1 rings (SSSR count). The number of nitrogens with zero attached hydrogens (tertiary/aromatic N) is 1. The first-order valence-corrected chi connectivity index (χ1v) is 6.01. The minimum Gasteiger partial charge on any atom is -0.398 e. The Morgan fingerprint density at radius 2 is 2.13 bits per heavy atom. The zero-order valence-corrected chi connectivity index (χ0v) is 9.51. The second-order valence-corrected chi connectivity index (χ2v) is 5.59. The van der Waals surface area contributed by atoms with Crippen LogP contribution in [0.1, 0.15) is 6.92 Å². The first kappa shape index (κ1) is 11.8. The molecule has 0 bridgehead atoms. The lowest BCUT2D eigenvalue weighted by atomic mass is 10.3. The van der Waals surface area contributed by atoms with Crippen molar-refractivity contribution < 1.29 is 8.42 Å². The molecule has 1 atom stereocenters. The Bertz CT molecular complexity index is 499. The first-order valence-electron chi connectivity index (χ1n) is 4.08. The lowest BCUT2D eigenvalue weighted by molar-refractivity contribution is 0.592. The van der Waals surface area contributed by atoms with Gasteiger partial charge in [0.1, 0.15) is 10.1 Å². The Hall–Kier alpha value is -1.25. The summed E-state index contributed by atoms with van der Waals surface area (Å²) in [7, 11) is -3.77. The highest BCUT2D eigenvalue weighted by molar-refractivity contribution is 7.92. The van der Waals surface area contributed by atoms with Gasteiger partial charge in [-0.05, 0) is 19.1 Å². The van der Waals surface area contributed by atoms with Crippen molar-refractivity contribution in [2.45, 2.75) is 17.1 Å². The number of hydrogen-bond acceptors (Lipinski definition) is 4. The molecule has 0 aliphatic heterocycles. The van der Waals surface area contributed by atoms with E-state index in [2.05, 4.69) is 0 Å². The number of hydrogen-bond donors (Lipinski definition) is 1. The van der Waals surface area contributed by atoms with E-state index in [1.54, 1.807) is 12.1 Å². The summed E-state index contributed by atoms with van der Waals surface area (Å²) < 4.78 is 23.6. The van der Waals surface area contributed by atoms with Gasteiger partial charge in [0.15, 0.2) is 9.84 Å². The number of rotatable bonds is 2. The van der Waals surface area contributed by atoms with E-state index < -0.39 is 15.1 Å². The average Bonchev–Trinajstić information content (AvgIpc) is 2.15. The Morgan fingerprint density at radius 1 is 1.53 bits per heavy atom. The molecule has 0 heterocycles. The number of benzene rings is 1. The van der Waals surface area contributed by atoms with Gasteiger partial charge in [0.2, 0.25) is 0 Å². The molecule has 1 aromatic rings. The van der Waals surface area contributed by atoms with E-state index >= 15 is 0 Å². The van der Waals surface area contributed by atoms with Crippen molar-refractivity contribution in [3.63, 3.8) is 0 Å². The Balaban J connectivity index is 3.48. The molecule has 80 valence electrons. The summed E-state index contributed by atoms with van der Waals surface area (Å²) in [6, 6.07) is 6.06. The maximum absolute atomic E-state index is 11.8. The van der Waals surface area contributed by atoms with Gasteiger partial charge in [0, 0.05) is 0 Å². The Morgan fingerprint density at radius 3 is 2.60 bits per heavy atom. The third-order valence-corrected chi connectivity index (χ3v) is 4.42. The minimum atomic E-state index is -3.77. The molecule has 1 aromatic carbocycles. The molecule has 15 heavy (non-hydrogen) atoms.